The zero-order chi connectivity index (χ0) is 16.1. The van der Waals surface area contributed by atoms with Crippen LogP contribution >= 0.6 is 0 Å². The molecule has 0 radical (unpaired) electrons. The van der Waals surface area contributed by atoms with E-state index in [1.807, 2.05) is 6.07 Å². The second-order valence-corrected chi connectivity index (χ2v) is 4.75. The standard InChI is InChI=1S/C16H13N3O3/c1-11-5-6-14(8-15(11)19(21)22)16(20)18-10-13-4-2-3-12(7-13)9-17/h2-8H,10H2,1H3,(H,18,20). The number of nitro benzene ring substituents is 1. The molecule has 0 saturated carbocycles. The van der Waals surface area contributed by atoms with Crippen molar-refractivity contribution >= 4 is 11.6 Å². The molecular weight excluding hydrogens is 282 g/mol. The molecule has 2 aromatic carbocycles. The van der Waals surface area contributed by atoms with Crippen molar-refractivity contribution in [3.8, 4) is 6.07 Å². The fraction of sp³-hybridized carbons (Fsp3) is 0.125. The van der Waals surface area contributed by atoms with Crippen molar-refractivity contribution in [1.82, 2.24) is 5.32 Å². The zero-order valence-electron chi connectivity index (χ0n) is 11.9. The van der Waals surface area contributed by atoms with Crippen LogP contribution in [-0.4, -0.2) is 10.8 Å². The molecule has 0 bridgehead atoms. The summed E-state index contributed by atoms with van der Waals surface area (Å²) < 4.78 is 0. The maximum absolute atomic E-state index is 12.1. The van der Waals surface area contributed by atoms with Gasteiger partial charge in [0.1, 0.15) is 0 Å². The molecule has 2 rings (SSSR count). The van der Waals surface area contributed by atoms with Gasteiger partial charge in [0.2, 0.25) is 0 Å². The predicted octanol–water partition coefficient (Wildman–Crippen LogP) is 2.70. The molecule has 0 aliphatic rings. The number of carbonyl (C=O) groups excluding carboxylic acids is 1. The molecule has 0 aliphatic carbocycles. The van der Waals surface area contributed by atoms with E-state index in [1.54, 1.807) is 43.3 Å². The van der Waals surface area contributed by atoms with Crippen molar-refractivity contribution in [3.63, 3.8) is 0 Å². The van der Waals surface area contributed by atoms with Gasteiger partial charge in [-0.2, -0.15) is 5.26 Å². The van der Waals surface area contributed by atoms with Crippen LogP contribution in [0.5, 0.6) is 0 Å². The Labute approximate surface area is 127 Å². The van der Waals surface area contributed by atoms with Gasteiger partial charge in [-0.15, -0.1) is 0 Å². The van der Waals surface area contributed by atoms with Crippen LogP contribution in [0.4, 0.5) is 5.69 Å². The minimum absolute atomic E-state index is 0.0841. The third-order valence-electron chi connectivity index (χ3n) is 3.18. The number of hydrogen-bond acceptors (Lipinski definition) is 4. The van der Waals surface area contributed by atoms with Crippen LogP contribution in [0.25, 0.3) is 0 Å². The molecule has 1 amide bonds. The second kappa shape index (κ2) is 6.50. The van der Waals surface area contributed by atoms with E-state index in [2.05, 4.69) is 5.32 Å². The molecule has 0 spiro atoms. The average Bonchev–Trinajstić information content (AvgIpc) is 2.53. The molecule has 0 atom stereocenters. The normalized spacial score (nSPS) is 9.82. The highest BCUT2D eigenvalue weighted by Gasteiger charge is 2.14. The number of nitro groups is 1. The minimum atomic E-state index is -0.511. The van der Waals surface area contributed by atoms with Crippen molar-refractivity contribution in [1.29, 1.82) is 5.26 Å². The minimum Gasteiger partial charge on any atom is -0.348 e. The van der Waals surface area contributed by atoms with E-state index in [0.717, 1.165) is 5.56 Å². The summed E-state index contributed by atoms with van der Waals surface area (Å²) in [6.45, 7) is 1.86. The summed E-state index contributed by atoms with van der Waals surface area (Å²) in [6.07, 6.45) is 0. The Bertz CT molecular complexity index is 778. The maximum atomic E-state index is 12.1. The summed E-state index contributed by atoms with van der Waals surface area (Å²) in [4.78, 5) is 22.4. The first kappa shape index (κ1) is 15.2. The Balaban J connectivity index is 2.11. The third-order valence-corrected chi connectivity index (χ3v) is 3.18. The van der Waals surface area contributed by atoms with Crippen LogP contribution in [-0.2, 0) is 6.54 Å². The molecule has 110 valence electrons. The Morgan fingerprint density at radius 2 is 2.09 bits per heavy atom. The van der Waals surface area contributed by atoms with Crippen molar-refractivity contribution in [2.75, 3.05) is 0 Å². The van der Waals surface area contributed by atoms with Gasteiger partial charge >= 0.3 is 0 Å². The summed E-state index contributed by atoms with van der Waals surface area (Å²) in [5.41, 5.74) is 1.95. The Kier molecular flexibility index (Phi) is 4.49. The van der Waals surface area contributed by atoms with E-state index in [-0.39, 0.29) is 17.8 Å². The Morgan fingerprint density at radius 1 is 1.32 bits per heavy atom. The largest absolute Gasteiger partial charge is 0.348 e. The highest BCUT2D eigenvalue weighted by molar-refractivity contribution is 5.94. The van der Waals surface area contributed by atoms with Crippen LogP contribution in [0.3, 0.4) is 0 Å². The third kappa shape index (κ3) is 3.46. The van der Waals surface area contributed by atoms with E-state index in [4.69, 9.17) is 5.26 Å². The maximum Gasteiger partial charge on any atom is 0.273 e. The van der Waals surface area contributed by atoms with Gasteiger partial charge in [-0.25, -0.2) is 0 Å². The Hall–Kier alpha value is -3.20. The van der Waals surface area contributed by atoms with Gasteiger partial charge in [-0.05, 0) is 30.7 Å². The number of benzene rings is 2. The molecule has 0 saturated heterocycles. The van der Waals surface area contributed by atoms with Crippen LogP contribution in [0.1, 0.15) is 27.0 Å². The van der Waals surface area contributed by atoms with Crippen LogP contribution in [0, 0.1) is 28.4 Å². The lowest BCUT2D eigenvalue weighted by atomic mass is 10.1. The lowest BCUT2D eigenvalue weighted by molar-refractivity contribution is -0.385. The van der Waals surface area contributed by atoms with Crippen molar-refractivity contribution < 1.29 is 9.72 Å². The molecule has 22 heavy (non-hydrogen) atoms. The van der Waals surface area contributed by atoms with Crippen LogP contribution in [0.15, 0.2) is 42.5 Å². The molecular formula is C16H13N3O3. The van der Waals surface area contributed by atoms with Gasteiger partial charge in [0, 0.05) is 23.7 Å². The molecule has 6 heteroatoms. The highest BCUT2D eigenvalue weighted by atomic mass is 16.6. The topological polar surface area (TPSA) is 96.0 Å². The van der Waals surface area contributed by atoms with E-state index < -0.39 is 10.8 Å². The molecule has 0 fully saturated rings. The van der Waals surface area contributed by atoms with Crippen LogP contribution in [0.2, 0.25) is 0 Å². The molecule has 1 N–H and O–H groups in total. The predicted molar refractivity (Wildman–Crippen MR) is 80.2 cm³/mol. The molecule has 2 aromatic rings. The summed E-state index contributed by atoms with van der Waals surface area (Å²) in [6, 6.07) is 13.3. The summed E-state index contributed by atoms with van der Waals surface area (Å²) >= 11 is 0. The van der Waals surface area contributed by atoms with Crippen molar-refractivity contribution in [3.05, 3.63) is 74.8 Å². The van der Waals surface area contributed by atoms with Gasteiger partial charge in [0.25, 0.3) is 11.6 Å². The fourth-order valence-electron chi connectivity index (χ4n) is 1.98. The number of nitrogens with zero attached hydrogens (tertiary/aromatic N) is 2. The lowest BCUT2D eigenvalue weighted by Crippen LogP contribution is -2.22. The lowest BCUT2D eigenvalue weighted by Gasteiger charge is -2.06. The van der Waals surface area contributed by atoms with Gasteiger partial charge in [0.15, 0.2) is 0 Å². The number of amides is 1. The fourth-order valence-corrected chi connectivity index (χ4v) is 1.98. The molecule has 0 aromatic heterocycles. The Morgan fingerprint density at radius 3 is 2.77 bits per heavy atom. The van der Waals surface area contributed by atoms with E-state index in [1.165, 1.54) is 6.07 Å². The first-order valence-electron chi connectivity index (χ1n) is 6.53. The van der Waals surface area contributed by atoms with E-state index >= 15 is 0 Å². The summed E-state index contributed by atoms with van der Waals surface area (Å²) in [5, 5.41) is 22.4. The number of aryl methyl sites for hydroxylation is 1. The molecule has 6 nitrogen and oxygen atoms in total. The van der Waals surface area contributed by atoms with Crippen LogP contribution < -0.4 is 5.32 Å². The highest BCUT2D eigenvalue weighted by Crippen LogP contribution is 2.19. The summed E-state index contributed by atoms with van der Waals surface area (Å²) in [5.74, 6) is -0.398. The average molecular weight is 295 g/mol. The first-order valence-corrected chi connectivity index (χ1v) is 6.53. The van der Waals surface area contributed by atoms with Gasteiger partial charge in [0.05, 0.1) is 16.6 Å². The van der Waals surface area contributed by atoms with E-state index in [0.29, 0.717) is 11.1 Å². The van der Waals surface area contributed by atoms with Crippen molar-refractivity contribution in [2.45, 2.75) is 13.5 Å². The van der Waals surface area contributed by atoms with Gasteiger partial charge < -0.3 is 5.32 Å². The number of hydrogen-bond donors (Lipinski definition) is 1. The molecule has 0 aliphatic heterocycles. The smallest absolute Gasteiger partial charge is 0.273 e. The molecule has 0 heterocycles. The quantitative estimate of drug-likeness (QED) is 0.692. The number of rotatable bonds is 4. The SMILES string of the molecule is Cc1ccc(C(=O)NCc2cccc(C#N)c2)cc1[N+](=O)[O-]. The second-order valence-electron chi connectivity index (χ2n) is 4.75. The monoisotopic (exact) mass is 295 g/mol. The number of carbonyl (C=O) groups is 1. The zero-order valence-corrected chi connectivity index (χ0v) is 11.9. The van der Waals surface area contributed by atoms with Gasteiger partial charge in [-0.3, -0.25) is 14.9 Å². The van der Waals surface area contributed by atoms with E-state index in [9.17, 15) is 14.9 Å². The summed E-state index contributed by atoms with van der Waals surface area (Å²) in [7, 11) is 0. The molecule has 0 unspecified atom stereocenters. The van der Waals surface area contributed by atoms with Gasteiger partial charge in [-0.1, -0.05) is 18.2 Å². The number of nitrogens with one attached hydrogen (secondary N) is 1. The van der Waals surface area contributed by atoms with Crippen molar-refractivity contribution in [2.24, 2.45) is 0 Å². The number of nitriles is 1. The first-order chi connectivity index (χ1) is 10.5.